The number of nitrogens with two attached hydrogens (primary N) is 2. The number of carbonyl (C=O) groups is 2. The predicted molar refractivity (Wildman–Crippen MR) is 167 cm³/mol. The minimum Gasteiger partial charge on any atom is -0.483 e. The minimum atomic E-state index is -1.03. The van der Waals surface area contributed by atoms with E-state index in [1.165, 1.54) is 0 Å². The maximum Gasteiger partial charge on any atom is 0.510 e. The van der Waals surface area contributed by atoms with Gasteiger partial charge in [0.25, 0.3) is 11.6 Å². The van der Waals surface area contributed by atoms with Crippen molar-refractivity contribution in [2.75, 3.05) is 19.9 Å². The molecule has 0 aliphatic rings. The first-order chi connectivity index (χ1) is 21.8. The summed E-state index contributed by atoms with van der Waals surface area (Å²) in [5.74, 6) is 6.89. The van der Waals surface area contributed by atoms with Crippen LogP contribution < -0.4 is 11.6 Å². The number of hydrazine groups is 1. The quantitative estimate of drug-likeness (QED) is 0.0215. The smallest absolute Gasteiger partial charge is 0.483 e. The molecule has 0 spiro atoms. The lowest BCUT2D eigenvalue weighted by molar-refractivity contribution is -0.757. The fourth-order valence-electron chi connectivity index (χ4n) is 4.46. The number of carbonyl (C=O) groups excluding carboxylic acids is 1. The zero-order chi connectivity index (χ0) is 34.3. The number of amidine groups is 1. The van der Waals surface area contributed by atoms with Gasteiger partial charge in [0, 0.05) is 30.6 Å². The number of aryl methyl sites for hydroxylation is 1. The normalized spacial score (nSPS) is 11.2. The van der Waals surface area contributed by atoms with Crippen LogP contribution in [0.25, 0.3) is 11.1 Å². The van der Waals surface area contributed by atoms with Gasteiger partial charge in [-0.05, 0) is 43.9 Å². The number of nitrogens with zero attached hydrogens (tertiary/aromatic N) is 5. The molecular formula is C30H41N7O9. The Balaban J connectivity index is 0.00000236. The summed E-state index contributed by atoms with van der Waals surface area (Å²) in [6.07, 6.45) is 0.861. The van der Waals surface area contributed by atoms with E-state index in [9.17, 15) is 20.0 Å². The average Bonchev–Trinajstić information content (AvgIpc) is 3.31. The molecule has 0 saturated heterocycles. The van der Waals surface area contributed by atoms with Crippen molar-refractivity contribution in [2.45, 2.75) is 59.1 Å². The van der Waals surface area contributed by atoms with Crippen molar-refractivity contribution in [3.05, 3.63) is 87.0 Å². The van der Waals surface area contributed by atoms with Crippen molar-refractivity contribution in [3.8, 4) is 11.1 Å². The summed E-state index contributed by atoms with van der Waals surface area (Å²) in [7, 11) is 0. The van der Waals surface area contributed by atoms with Crippen molar-refractivity contribution in [2.24, 2.45) is 16.7 Å². The van der Waals surface area contributed by atoms with Crippen LogP contribution in [0.1, 0.15) is 62.0 Å². The highest BCUT2D eigenvalue weighted by molar-refractivity contribution is 6.03. The topological polar surface area (TPSA) is 231 Å². The third-order valence-corrected chi connectivity index (χ3v) is 6.42. The molecule has 0 fully saturated rings. The van der Waals surface area contributed by atoms with E-state index in [0.717, 1.165) is 46.2 Å². The number of hydrazone groups is 1. The van der Waals surface area contributed by atoms with E-state index in [1.54, 1.807) is 13.8 Å². The maximum atomic E-state index is 11.7. The van der Waals surface area contributed by atoms with Crippen LogP contribution >= 0.6 is 0 Å². The summed E-state index contributed by atoms with van der Waals surface area (Å²) in [5.41, 5.74) is 10.3. The zero-order valence-electron chi connectivity index (χ0n) is 26.3. The average molecular weight is 644 g/mol. The van der Waals surface area contributed by atoms with Gasteiger partial charge in [-0.1, -0.05) is 55.5 Å². The van der Waals surface area contributed by atoms with Gasteiger partial charge in [-0.2, -0.15) is 5.12 Å². The van der Waals surface area contributed by atoms with Gasteiger partial charge in [0.05, 0.1) is 18.9 Å². The predicted octanol–water partition coefficient (Wildman–Crippen LogP) is 3.29. The molecule has 2 aromatic carbocycles. The minimum absolute atomic E-state index is 0.105. The van der Waals surface area contributed by atoms with E-state index in [1.807, 2.05) is 55.5 Å². The Labute approximate surface area is 266 Å². The molecule has 0 unspecified atom stereocenters. The van der Waals surface area contributed by atoms with Crippen molar-refractivity contribution in [1.29, 1.82) is 0 Å². The monoisotopic (exact) mass is 643 g/mol. The van der Waals surface area contributed by atoms with Gasteiger partial charge in [0.2, 0.25) is 0 Å². The van der Waals surface area contributed by atoms with Crippen LogP contribution in [0.3, 0.4) is 0 Å². The highest BCUT2D eigenvalue weighted by Crippen LogP contribution is 2.27. The van der Waals surface area contributed by atoms with E-state index < -0.39 is 23.6 Å². The number of aliphatic hydroxyl groups is 1. The van der Waals surface area contributed by atoms with Crippen LogP contribution in [-0.2, 0) is 37.7 Å². The molecule has 0 aliphatic carbocycles. The molecule has 0 atom stereocenters. The van der Waals surface area contributed by atoms with E-state index in [-0.39, 0.29) is 31.9 Å². The fraction of sp³-hybridized carbons (Fsp3) is 0.400. The highest BCUT2D eigenvalue weighted by Gasteiger charge is 2.25. The standard InChI is InChI=1S/C29H39N7O7.CH2O2/c1-5-9-25-32-26(29(3,4)38)20(2)34(25)18-21-12-14-22(15-13-21)23-10-6-7-11-24(23)27(30)33-35(31)19-42-28(37)41-16-8-17-43-36(39)40;2-1-3/h6-7,10-15,38H,5,8-9,16-19,31H2,1-4H3,(H2,30,33);1H,(H,2,3). The summed E-state index contributed by atoms with van der Waals surface area (Å²) in [5, 5.41) is 31.6. The fourth-order valence-corrected chi connectivity index (χ4v) is 4.46. The lowest BCUT2D eigenvalue weighted by atomic mass is 9.98. The second kappa shape index (κ2) is 17.9. The molecule has 0 amide bonds. The molecular weight excluding hydrogens is 602 g/mol. The molecule has 1 aromatic heterocycles. The van der Waals surface area contributed by atoms with Gasteiger partial charge in [-0.3, -0.25) is 4.79 Å². The number of carboxylic acid groups (broad SMARTS) is 1. The number of ether oxygens (including phenoxy) is 2. The summed E-state index contributed by atoms with van der Waals surface area (Å²) in [6, 6.07) is 15.5. The van der Waals surface area contributed by atoms with Crippen molar-refractivity contribution in [1.82, 2.24) is 14.7 Å². The molecule has 3 rings (SSSR count). The Morgan fingerprint density at radius 3 is 2.43 bits per heavy atom. The molecule has 16 nitrogen and oxygen atoms in total. The molecule has 0 bridgehead atoms. The van der Waals surface area contributed by atoms with Gasteiger partial charge in [-0.15, -0.1) is 15.2 Å². The first-order valence-corrected chi connectivity index (χ1v) is 14.3. The number of benzene rings is 2. The first kappa shape index (κ1) is 37.0. The molecule has 3 aromatic rings. The number of hydrogen-bond acceptors (Lipinski definition) is 12. The summed E-state index contributed by atoms with van der Waals surface area (Å²) in [4.78, 5) is 39.0. The molecule has 0 aliphatic heterocycles. The van der Waals surface area contributed by atoms with Gasteiger partial charge in [0.15, 0.2) is 12.6 Å². The van der Waals surface area contributed by atoms with E-state index in [2.05, 4.69) is 21.4 Å². The van der Waals surface area contributed by atoms with Crippen LogP contribution in [0.15, 0.2) is 53.6 Å². The van der Waals surface area contributed by atoms with Gasteiger partial charge >= 0.3 is 6.16 Å². The van der Waals surface area contributed by atoms with E-state index >= 15 is 0 Å². The Bertz CT molecular complexity index is 1470. The molecule has 46 heavy (non-hydrogen) atoms. The molecule has 16 heteroatoms. The SMILES string of the molecule is CCCc1nc(C(C)(C)O)c(C)n1Cc1ccc(-c2ccccc2/C(N)=N/N(N)COC(=O)OCCCO[N+](=O)[O-])cc1.O=CO. The van der Waals surface area contributed by atoms with Crippen molar-refractivity contribution < 1.29 is 39.2 Å². The van der Waals surface area contributed by atoms with Crippen LogP contribution in [-0.4, -0.2) is 68.4 Å². The Hall–Kier alpha value is -5.22. The van der Waals surface area contributed by atoms with Crippen LogP contribution in [0.5, 0.6) is 0 Å². The third kappa shape index (κ3) is 11.4. The number of rotatable bonds is 15. The first-order valence-electron chi connectivity index (χ1n) is 14.3. The Morgan fingerprint density at radius 1 is 1.17 bits per heavy atom. The summed E-state index contributed by atoms with van der Waals surface area (Å²) in [6.45, 7) is 7.18. The van der Waals surface area contributed by atoms with Crippen LogP contribution in [0.2, 0.25) is 0 Å². The zero-order valence-corrected chi connectivity index (χ0v) is 26.3. The number of hydrogen-bond donors (Lipinski definition) is 4. The molecule has 0 saturated carbocycles. The molecule has 250 valence electrons. The molecule has 0 radical (unpaired) electrons. The lowest BCUT2D eigenvalue weighted by Gasteiger charge is -2.16. The van der Waals surface area contributed by atoms with Gasteiger partial charge in [0.1, 0.15) is 11.4 Å². The van der Waals surface area contributed by atoms with Gasteiger partial charge < -0.3 is 34.8 Å². The maximum absolute atomic E-state index is 11.7. The van der Waals surface area contributed by atoms with E-state index in [4.69, 9.17) is 35.9 Å². The van der Waals surface area contributed by atoms with Gasteiger partial charge in [-0.25, -0.2) is 15.6 Å². The Kier molecular flexibility index (Phi) is 14.4. The summed E-state index contributed by atoms with van der Waals surface area (Å²) >= 11 is 0. The van der Waals surface area contributed by atoms with Crippen molar-refractivity contribution in [3.63, 3.8) is 0 Å². The second-order valence-electron chi connectivity index (χ2n) is 10.4. The molecule has 6 N–H and O–H groups in total. The third-order valence-electron chi connectivity index (χ3n) is 6.42. The van der Waals surface area contributed by atoms with E-state index in [0.29, 0.717) is 17.8 Å². The van der Waals surface area contributed by atoms with Crippen molar-refractivity contribution >= 4 is 18.5 Å². The van der Waals surface area contributed by atoms with Crippen LogP contribution in [0.4, 0.5) is 4.79 Å². The summed E-state index contributed by atoms with van der Waals surface area (Å²) < 4.78 is 11.8. The van der Waals surface area contributed by atoms with Crippen LogP contribution in [0, 0.1) is 17.0 Å². The largest absolute Gasteiger partial charge is 0.510 e. The number of imidazole rings is 1. The Morgan fingerprint density at radius 2 is 1.83 bits per heavy atom. The number of aromatic nitrogens is 2. The molecule has 1 heterocycles. The highest BCUT2D eigenvalue weighted by atomic mass is 16.9. The second-order valence-corrected chi connectivity index (χ2v) is 10.4. The lowest BCUT2D eigenvalue weighted by Crippen LogP contribution is -2.33.